The van der Waals surface area contributed by atoms with Gasteiger partial charge in [0.05, 0.1) is 10.7 Å². The predicted molar refractivity (Wildman–Crippen MR) is 88.4 cm³/mol. The molecule has 0 aliphatic heterocycles. The quantitative estimate of drug-likeness (QED) is 0.881. The van der Waals surface area contributed by atoms with Crippen LogP contribution in [-0.4, -0.2) is 23.2 Å². The first-order valence-corrected chi connectivity index (χ1v) is 8.25. The number of halogens is 1. The third kappa shape index (κ3) is 4.35. The fourth-order valence-electron chi connectivity index (χ4n) is 2.50. The molecule has 1 aromatic rings. The topological polar surface area (TPSA) is 51.2 Å². The van der Waals surface area contributed by atoms with Crippen LogP contribution in [0.5, 0.6) is 0 Å². The number of carbonyl (C=O) groups excluding carboxylic acids is 1. The highest BCUT2D eigenvalue weighted by atomic mass is 35.5. The van der Waals surface area contributed by atoms with Gasteiger partial charge < -0.3 is 10.1 Å². The Balaban J connectivity index is 2.01. The molecular formula is C17H25ClN2O2. The lowest BCUT2D eigenvalue weighted by Gasteiger charge is -2.22. The van der Waals surface area contributed by atoms with Crippen molar-refractivity contribution in [2.24, 2.45) is 0 Å². The van der Waals surface area contributed by atoms with E-state index in [2.05, 4.69) is 17.2 Å². The van der Waals surface area contributed by atoms with Crippen LogP contribution in [0.1, 0.15) is 58.2 Å². The van der Waals surface area contributed by atoms with Gasteiger partial charge >= 0.3 is 6.09 Å². The summed E-state index contributed by atoms with van der Waals surface area (Å²) < 4.78 is 5.27. The summed E-state index contributed by atoms with van der Waals surface area (Å²) in [4.78, 5) is 16.4. The SMILES string of the molecule is CCCc1cnc(C2(CNC(=O)OC(C)(C)C)CC2)c(Cl)c1. The smallest absolute Gasteiger partial charge is 0.407 e. The molecular weight excluding hydrogens is 300 g/mol. The molecule has 1 fully saturated rings. The van der Waals surface area contributed by atoms with Crippen molar-refractivity contribution in [2.75, 3.05) is 6.54 Å². The van der Waals surface area contributed by atoms with Gasteiger partial charge in [0.1, 0.15) is 5.60 Å². The van der Waals surface area contributed by atoms with Crippen LogP contribution in [0.2, 0.25) is 5.02 Å². The van der Waals surface area contributed by atoms with E-state index in [1.165, 1.54) is 0 Å². The molecule has 2 rings (SSSR count). The molecule has 0 atom stereocenters. The number of amides is 1. The van der Waals surface area contributed by atoms with E-state index >= 15 is 0 Å². The molecule has 0 radical (unpaired) electrons. The normalized spacial score (nSPS) is 16.2. The Morgan fingerprint density at radius 3 is 2.64 bits per heavy atom. The van der Waals surface area contributed by atoms with Gasteiger partial charge in [0, 0.05) is 18.2 Å². The van der Waals surface area contributed by atoms with Gasteiger partial charge in [-0.2, -0.15) is 0 Å². The summed E-state index contributed by atoms with van der Waals surface area (Å²) in [7, 11) is 0. The third-order valence-electron chi connectivity index (χ3n) is 3.76. The molecule has 1 aromatic heterocycles. The van der Waals surface area contributed by atoms with Crippen LogP contribution in [0.25, 0.3) is 0 Å². The van der Waals surface area contributed by atoms with E-state index in [0.717, 1.165) is 36.9 Å². The number of aromatic nitrogens is 1. The lowest BCUT2D eigenvalue weighted by molar-refractivity contribution is 0.0522. The average Bonchev–Trinajstić information content (AvgIpc) is 3.16. The number of ether oxygens (including phenoxy) is 1. The number of rotatable bonds is 5. The van der Waals surface area contributed by atoms with Gasteiger partial charge in [0.15, 0.2) is 0 Å². The van der Waals surface area contributed by atoms with Gasteiger partial charge in [-0.15, -0.1) is 0 Å². The van der Waals surface area contributed by atoms with Crippen LogP contribution in [-0.2, 0) is 16.6 Å². The lowest BCUT2D eigenvalue weighted by atomic mass is 10.0. The Labute approximate surface area is 137 Å². The summed E-state index contributed by atoms with van der Waals surface area (Å²) >= 11 is 6.40. The Kier molecular flexibility index (Phi) is 5.00. The van der Waals surface area contributed by atoms with Crippen LogP contribution in [0, 0.1) is 0 Å². The molecule has 122 valence electrons. The second-order valence-electron chi connectivity index (χ2n) is 7.06. The summed E-state index contributed by atoms with van der Waals surface area (Å²) in [5.74, 6) is 0. The standard InChI is InChI=1S/C17H25ClN2O2/c1-5-6-12-9-13(18)14(19-10-12)17(7-8-17)11-20-15(21)22-16(2,3)4/h9-10H,5-8,11H2,1-4H3,(H,20,21). The highest BCUT2D eigenvalue weighted by Gasteiger charge is 2.47. The highest BCUT2D eigenvalue weighted by Crippen LogP contribution is 2.49. The third-order valence-corrected chi connectivity index (χ3v) is 4.05. The Hall–Kier alpha value is -1.29. The van der Waals surface area contributed by atoms with Crippen molar-refractivity contribution in [3.63, 3.8) is 0 Å². The van der Waals surface area contributed by atoms with Crippen LogP contribution in [0.15, 0.2) is 12.3 Å². The van der Waals surface area contributed by atoms with Gasteiger partial charge in [-0.25, -0.2) is 4.79 Å². The van der Waals surface area contributed by atoms with E-state index in [-0.39, 0.29) is 5.41 Å². The van der Waals surface area contributed by atoms with E-state index in [4.69, 9.17) is 16.3 Å². The zero-order chi connectivity index (χ0) is 16.4. The molecule has 0 unspecified atom stereocenters. The number of alkyl carbamates (subject to hydrolysis) is 1. The summed E-state index contributed by atoms with van der Waals surface area (Å²) in [6.07, 6.45) is 5.54. The van der Waals surface area contributed by atoms with Crippen molar-refractivity contribution < 1.29 is 9.53 Å². The first kappa shape index (κ1) is 17.1. The zero-order valence-electron chi connectivity index (χ0n) is 13.8. The number of pyridine rings is 1. The van der Waals surface area contributed by atoms with Crippen molar-refractivity contribution in [1.82, 2.24) is 10.3 Å². The molecule has 0 saturated heterocycles. The fraction of sp³-hybridized carbons (Fsp3) is 0.647. The molecule has 1 heterocycles. The molecule has 1 aliphatic rings. The van der Waals surface area contributed by atoms with Crippen LogP contribution in [0.4, 0.5) is 4.79 Å². The average molecular weight is 325 g/mol. The Morgan fingerprint density at radius 1 is 1.45 bits per heavy atom. The second kappa shape index (κ2) is 6.45. The van der Waals surface area contributed by atoms with E-state index in [1.807, 2.05) is 33.0 Å². The molecule has 0 bridgehead atoms. The first-order chi connectivity index (χ1) is 10.3. The largest absolute Gasteiger partial charge is 0.444 e. The number of hydrogen-bond acceptors (Lipinski definition) is 3. The van der Waals surface area contributed by atoms with Gasteiger partial charge in [0.25, 0.3) is 0 Å². The van der Waals surface area contributed by atoms with E-state index in [1.54, 1.807) is 0 Å². The first-order valence-electron chi connectivity index (χ1n) is 7.87. The second-order valence-corrected chi connectivity index (χ2v) is 7.47. The molecule has 1 aliphatic carbocycles. The zero-order valence-corrected chi connectivity index (χ0v) is 14.6. The summed E-state index contributed by atoms with van der Waals surface area (Å²) in [5.41, 5.74) is 1.44. The van der Waals surface area contributed by atoms with E-state index in [9.17, 15) is 4.79 Å². The number of aryl methyl sites for hydroxylation is 1. The number of nitrogens with one attached hydrogen (secondary N) is 1. The van der Waals surface area contributed by atoms with Gasteiger partial charge in [0.2, 0.25) is 0 Å². The Morgan fingerprint density at radius 2 is 2.14 bits per heavy atom. The van der Waals surface area contributed by atoms with Crippen LogP contribution < -0.4 is 5.32 Å². The van der Waals surface area contributed by atoms with Gasteiger partial charge in [-0.05, 0) is 51.7 Å². The number of nitrogens with zero attached hydrogens (tertiary/aromatic N) is 1. The summed E-state index contributed by atoms with van der Waals surface area (Å²) in [6, 6.07) is 2.00. The van der Waals surface area contributed by atoms with Crippen molar-refractivity contribution in [3.05, 3.63) is 28.5 Å². The Bertz CT molecular complexity index is 548. The molecule has 5 heteroatoms. The van der Waals surface area contributed by atoms with Crippen molar-refractivity contribution in [3.8, 4) is 0 Å². The molecule has 4 nitrogen and oxygen atoms in total. The fourth-order valence-corrected chi connectivity index (χ4v) is 2.89. The molecule has 1 N–H and O–H groups in total. The molecule has 0 spiro atoms. The number of carbonyl (C=O) groups is 1. The molecule has 1 amide bonds. The molecule has 0 aromatic carbocycles. The van der Waals surface area contributed by atoms with E-state index in [0.29, 0.717) is 11.6 Å². The van der Waals surface area contributed by atoms with Gasteiger partial charge in [-0.1, -0.05) is 24.9 Å². The minimum absolute atomic E-state index is 0.126. The minimum Gasteiger partial charge on any atom is -0.444 e. The number of hydrogen-bond donors (Lipinski definition) is 1. The minimum atomic E-state index is -0.488. The van der Waals surface area contributed by atoms with E-state index < -0.39 is 11.7 Å². The maximum absolute atomic E-state index is 11.8. The van der Waals surface area contributed by atoms with Crippen LogP contribution >= 0.6 is 11.6 Å². The van der Waals surface area contributed by atoms with Crippen molar-refractivity contribution in [1.29, 1.82) is 0 Å². The maximum atomic E-state index is 11.8. The molecule has 22 heavy (non-hydrogen) atoms. The summed E-state index contributed by atoms with van der Waals surface area (Å²) in [6.45, 7) is 8.20. The predicted octanol–water partition coefficient (Wildman–Crippen LogP) is 4.24. The monoisotopic (exact) mass is 324 g/mol. The highest BCUT2D eigenvalue weighted by molar-refractivity contribution is 6.31. The lowest BCUT2D eigenvalue weighted by Crippen LogP contribution is -2.37. The maximum Gasteiger partial charge on any atom is 0.407 e. The summed E-state index contributed by atoms with van der Waals surface area (Å²) in [5, 5.41) is 3.55. The van der Waals surface area contributed by atoms with Crippen molar-refractivity contribution in [2.45, 2.75) is 64.4 Å². The molecule has 1 saturated carbocycles. The van der Waals surface area contributed by atoms with Crippen molar-refractivity contribution >= 4 is 17.7 Å². The van der Waals surface area contributed by atoms with Gasteiger partial charge in [-0.3, -0.25) is 4.98 Å². The van der Waals surface area contributed by atoms with Crippen LogP contribution in [0.3, 0.4) is 0 Å².